The Bertz CT molecular complexity index is 396. The Labute approximate surface area is 105 Å². The van der Waals surface area contributed by atoms with Gasteiger partial charge in [0, 0.05) is 16.2 Å². The molecule has 0 fully saturated rings. The van der Waals surface area contributed by atoms with Crippen LogP contribution in [0.3, 0.4) is 0 Å². The maximum atomic E-state index is 10.8. The zero-order chi connectivity index (χ0) is 12.7. The summed E-state index contributed by atoms with van der Waals surface area (Å²) in [6.07, 6.45) is 2.32. The highest BCUT2D eigenvalue weighted by atomic mass is 32.2. The zero-order valence-electron chi connectivity index (χ0n) is 9.97. The molecule has 1 N–H and O–H groups in total. The van der Waals surface area contributed by atoms with E-state index in [0.717, 1.165) is 10.6 Å². The van der Waals surface area contributed by atoms with Gasteiger partial charge in [-0.3, -0.25) is 0 Å². The number of thioether (sulfide) groups is 1. The largest absolute Gasteiger partial charge is 0.497 e. The third-order valence-corrected chi connectivity index (χ3v) is 3.23. The van der Waals surface area contributed by atoms with Crippen molar-refractivity contribution < 1.29 is 14.6 Å². The summed E-state index contributed by atoms with van der Waals surface area (Å²) >= 11 is 1.61. The van der Waals surface area contributed by atoms with Gasteiger partial charge < -0.3 is 9.84 Å². The second kappa shape index (κ2) is 7.01. The summed E-state index contributed by atoms with van der Waals surface area (Å²) in [6.45, 7) is 1.85. The number of benzene rings is 1. The Balaban J connectivity index is 2.52. The molecule has 0 unspecified atom stereocenters. The van der Waals surface area contributed by atoms with Crippen molar-refractivity contribution in [3.63, 3.8) is 0 Å². The van der Waals surface area contributed by atoms with Crippen LogP contribution in [-0.4, -0.2) is 23.9 Å². The number of hydrogen-bond donors (Lipinski definition) is 1. The third kappa shape index (κ3) is 4.53. The first-order valence-electron chi connectivity index (χ1n) is 5.36. The number of carboxylic acid groups (broad SMARTS) is 1. The molecule has 3 nitrogen and oxygen atoms in total. The molecule has 0 amide bonds. The fourth-order valence-corrected chi connectivity index (χ4v) is 2.10. The molecule has 0 heterocycles. The van der Waals surface area contributed by atoms with Gasteiger partial charge >= 0.3 is 5.97 Å². The lowest BCUT2D eigenvalue weighted by molar-refractivity contribution is -0.132. The lowest BCUT2D eigenvalue weighted by atomic mass is 10.2. The van der Waals surface area contributed by atoms with Crippen molar-refractivity contribution in [3.05, 3.63) is 35.9 Å². The molecule has 1 aromatic carbocycles. The first-order valence-corrected chi connectivity index (χ1v) is 6.35. The van der Waals surface area contributed by atoms with Crippen molar-refractivity contribution in [2.24, 2.45) is 0 Å². The Hall–Kier alpha value is -1.42. The minimum absolute atomic E-state index is 0.464. The van der Waals surface area contributed by atoms with Crippen LogP contribution in [0.15, 0.2) is 40.8 Å². The molecule has 0 atom stereocenters. The fourth-order valence-electron chi connectivity index (χ4n) is 1.29. The molecule has 0 aliphatic heterocycles. The van der Waals surface area contributed by atoms with E-state index >= 15 is 0 Å². The summed E-state index contributed by atoms with van der Waals surface area (Å²) in [7, 11) is 1.63. The van der Waals surface area contributed by atoms with Gasteiger partial charge in [-0.05, 0) is 30.7 Å². The lowest BCUT2D eigenvalue weighted by Crippen LogP contribution is -1.99. The molecule has 92 valence electrons. The smallest absolute Gasteiger partial charge is 0.331 e. The second-order valence-corrected chi connectivity index (χ2v) is 4.47. The van der Waals surface area contributed by atoms with Gasteiger partial charge in [0.25, 0.3) is 0 Å². The van der Waals surface area contributed by atoms with Gasteiger partial charge in [0.1, 0.15) is 5.75 Å². The van der Waals surface area contributed by atoms with E-state index in [4.69, 9.17) is 9.84 Å². The van der Waals surface area contributed by atoms with Crippen LogP contribution in [0.1, 0.15) is 13.3 Å². The molecular formula is C13H16O3S. The van der Waals surface area contributed by atoms with E-state index in [-0.39, 0.29) is 0 Å². The lowest BCUT2D eigenvalue weighted by Gasteiger charge is -2.02. The van der Waals surface area contributed by atoms with Crippen LogP contribution in [0.2, 0.25) is 0 Å². The van der Waals surface area contributed by atoms with Crippen molar-refractivity contribution in [2.75, 3.05) is 12.9 Å². The Morgan fingerprint density at radius 2 is 2.06 bits per heavy atom. The van der Waals surface area contributed by atoms with Gasteiger partial charge in [-0.2, -0.15) is 0 Å². The molecule has 17 heavy (non-hydrogen) atoms. The number of carbonyl (C=O) groups is 1. The molecular weight excluding hydrogens is 236 g/mol. The summed E-state index contributed by atoms with van der Waals surface area (Å²) in [4.78, 5) is 11.9. The molecule has 0 saturated carbocycles. The van der Waals surface area contributed by atoms with Crippen molar-refractivity contribution >= 4 is 17.7 Å². The van der Waals surface area contributed by atoms with E-state index in [1.54, 1.807) is 24.9 Å². The fraction of sp³-hybridized carbons (Fsp3) is 0.308. The van der Waals surface area contributed by atoms with E-state index in [9.17, 15) is 4.79 Å². The van der Waals surface area contributed by atoms with Crippen LogP contribution in [-0.2, 0) is 4.79 Å². The maximum absolute atomic E-state index is 10.8. The van der Waals surface area contributed by atoms with Crippen LogP contribution in [0.5, 0.6) is 5.75 Å². The number of methoxy groups -OCH3 is 1. The van der Waals surface area contributed by atoms with E-state index in [1.807, 2.05) is 31.2 Å². The highest BCUT2D eigenvalue weighted by Gasteiger charge is 2.03. The molecule has 0 aliphatic carbocycles. The standard InChI is InChI=1S/C13H16O3S/c1-3-10(13(14)15)8-9-17-12-6-4-11(16-2)5-7-12/h4-8H,3,9H2,1-2H3,(H,14,15). The summed E-state index contributed by atoms with van der Waals surface area (Å²) in [5.74, 6) is 0.662. The van der Waals surface area contributed by atoms with Gasteiger partial charge in [-0.1, -0.05) is 13.0 Å². The number of ether oxygens (including phenoxy) is 1. The summed E-state index contributed by atoms with van der Waals surface area (Å²) in [6, 6.07) is 7.71. The van der Waals surface area contributed by atoms with Crippen LogP contribution in [0, 0.1) is 0 Å². The summed E-state index contributed by atoms with van der Waals surface area (Å²) < 4.78 is 5.06. The Morgan fingerprint density at radius 3 is 2.53 bits per heavy atom. The molecule has 0 aliphatic rings. The van der Waals surface area contributed by atoms with Gasteiger partial charge in [0.2, 0.25) is 0 Å². The number of rotatable bonds is 6. The minimum Gasteiger partial charge on any atom is -0.497 e. The first kappa shape index (κ1) is 13.6. The van der Waals surface area contributed by atoms with E-state index in [1.165, 1.54) is 0 Å². The number of hydrogen-bond acceptors (Lipinski definition) is 3. The topological polar surface area (TPSA) is 46.5 Å². The summed E-state index contributed by atoms with van der Waals surface area (Å²) in [5.41, 5.74) is 0.464. The van der Waals surface area contributed by atoms with Crippen molar-refractivity contribution in [2.45, 2.75) is 18.2 Å². The molecule has 1 aromatic rings. The van der Waals surface area contributed by atoms with Gasteiger partial charge in [-0.25, -0.2) is 4.79 Å². The molecule has 4 heteroatoms. The van der Waals surface area contributed by atoms with E-state index in [2.05, 4.69) is 0 Å². The highest BCUT2D eigenvalue weighted by molar-refractivity contribution is 7.99. The monoisotopic (exact) mass is 252 g/mol. The maximum Gasteiger partial charge on any atom is 0.331 e. The van der Waals surface area contributed by atoms with E-state index in [0.29, 0.717) is 17.7 Å². The number of aliphatic carboxylic acids is 1. The van der Waals surface area contributed by atoms with Gasteiger partial charge in [0.05, 0.1) is 7.11 Å². The van der Waals surface area contributed by atoms with Gasteiger partial charge in [-0.15, -0.1) is 11.8 Å². The normalized spacial score (nSPS) is 11.3. The van der Waals surface area contributed by atoms with Crippen LogP contribution in [0.4, 0.5) is 0 Å². The molecule has 0 aromatic heterocycles. The Morgan fingerprint density at radius 1 is 1.41 bits per heavy atom. The van der Waals surface area contributed by atoms with Crippen molar-refractivity contribution in [1.82, 2.24) is 0 Å². The zero-order valence-corrected chi connectivity index (χ0v) is 10.8. The van der Waals surface area contributed by atoms with E-state index < -0.39 is 5.97 Å². The molecule has 0 radical (unpaired) electrons. The summed E-state index contributed by atoms with van der Waals surface area (Å²) in [5, 5.41) is 8.84. The van der Waals surface area contributed by atoms with Crippen LogP contribution in [0.25, 0.3) is 0 Å². The number of carboxylic acids is 1. The van der Waals surface area contributed by atoms with Crippen LogP contribution >= 0.6 is 11.8 Å². The molecule has 0 bridgehead atoms. The molecule has 0 saturated heterocycles. The SMILES string of the molecule is CCC(=CCSc1ccc(OC)cc1)C(=O)O. The van der Waals surface area contributed by atoms with Gasteiger partial charge in [0.15, 0.2) is 0 Å². The highest BCUT2D eigenvalue weighted by Crippen LogP contribution is 2.21. The molecule has 1 rings (SSSR count). The minimum atomic E-state index is -0.831. The van der Waals surface area contributed by atoms with Crippen molar-refractivity contribution in [3.8, 4) is 5.75 Å². The quantitative estimate of drug-likeness (QED) is 0.624. The average Bonchev–Trinajstić information content (AvgIpc) is 2.35. The predicted molar refractivity (Wildman–Crippen MR) is 69.7 cm³/mol. The van der Waals surface area contributed by atoms with Crippen molar-refractivity contribution in [1.29, 1.82) is 0 Å². The molecule has 0 spiro atoms. The van der Waals surface area contributed by atoms with Crippen LogP contribution < -0.4 is 4.74 Å². The first-order chi connectivity index (χ1) is 8.17. The average molecular weight is 252 g/mol. The third-order valence-electron chi connectivity index (χ3n) is 2.29. The Kier molecular flexibility index (Phi) is 5.63. The predicted octanol–water partition coefficient (Wildman–Crippen LogP) is 3.21. The second-order valence-electron chi connectivity index (χ2n) is 3.37.